The minimum absolute atomic E-state index is 0.0212. The van der Waals surface area contributed by atoms with Gasteiger partial charge in [-0.1, -0.05) is 24.3 Å². The summed E-state index contributed by atoms with van der Waals surface area (Å²) in [6.07, 6.45) is 0.0212. The molecule has 1 saturated heterocycles. The van der Waals surface area contributed by atoms with Gasteiger partial charge in [-0.2, -0.15) is 0 Å². The number of hydrogen-bond donors (Lipinski definition) is 1. The fraction of sp³-hybridized carbons (Fsp3) is 0.318. The lowest BCUT2D eigenvalue weighted by Gasteiger charge is -2.20. The van der Waals surface area contributed by atoms with Crippen molar-refractivity contribution in [1.29, 1.82) is 0 Å². The summed E-state index contributed by atoms with van der Waals surface area (Å²) < 4.78 is 15.9. The number of nitrogens with zero attached hydrogens (tertiary/aromatic N) is 1. The second-order valence-electron chi connectivity index (χ2n) is 6.66. The molecule has 8 heteroatoms. The highest BCUT2D eigenvalue weighted by Crippen LogP contribution is 2.33. The molecule has 1 aliphatic heterocycles. The first-order valence-corrected chi connectivity index (χ1v) is 9.65. The first kappa shape index (κ1) is 21.2. The van der Waals surface area contributed by atoms with E-state index in [1.807, 2.05) is 13.0 Å². The molecule has 0 spiro atoms. The highest BCUT2D eigenvalue weighted by molar-refractivity contribution is 6.01. The van der Waals surface area contributed by atoms with Crippen LogP contribution in [-0.2, 0) is 19.1 Å². The van der Waals surface area contributed by atoms with Gasteiger partial charge in [-0.15, -0.1) is 0 Å². The molecular weight excluding hydrogens is 388 g/mol. The van der Waals surface area contributed by atoms with Crippen molar-refractivity contribution in [3.8, 4) is 11.5 Å². The predicted molar refractivity (Wildman–Crippen MR) is 111 cm³/mol. The quantitative estimate of drug-likeness (QED) is 0.670. The number of carbonyl (C=O) groups is 3. The Balaban J connectivity index is 1.57. The Hall–Kier alpha value is -3.55. The zero-order valence-corrected chi connectivity index (χ0v) is 16.9. The molecule has 1 heterocycles. The van der Waals surface area contributed by atoms with Gasteiger partial charge in [-0.3, -0.25) is 14.4 Å². The van der Waals surface area contributed by atoms with E-state index in [2.05, 4.69) is 5.32 Å². The maximum absolute atomic E-state index is 12.5. The normalized spacial score (nSPS) is 15.6. The van der Waals surface area contributed by atoms with Crippen LogP contribution in [0.15, 0.2) is 48.5 Å². The third-order valence-electron chi connectivity index (χ3n) is 4.64. The summed E-state index contributed by atoms with van der Waals surface area (Å²) in [5.74, 6) is -0.833. The number of nitrogens with one attached hydrogen (secondary N) is 1. The minimum atomic E-state index is -0.647. The minimum Gasteiger partial charge on any atom is -0.495 e. The lowest BCUT2D eigenvalue weighted by molar-refractivity contribution is -0.151. The first-order chi connectivity index (χ1) is 14.5. The van der Waals surface area contributed by atoms with E-state index in [9.17, 15) is 14.4 Å². The van der Waals surface area contributed by atoms with Crippen LogP contribution in [0, 0.1) is 5.92 Å². The van der Waals surface area contributed by atoms with Crippen LogP contribution in [-0.4, -0.2) is 44.7 Å². The average molecular weight is 412 g/mol. The van der Waals surface area contributed by atoms with E-state index in [1.54, 1.807) is 42.5 Å². The summed E-state index contributed by atoms with van der Waals surface area (Å²) in [7, 11) is 1.50. The smallest absolute Gasteiger partial charge is 0.311 e. The zero-order chi connectivity index (χ0) is 21.5. The van der Waals surface area contributed by atoms with E-state index in [0.29, 0.717) is 29.5 Å². The van der Waals surface area contributed by atoms with Gasteiger partial charge in [0.25, 0.3) is 5.91 Å². The van der Waals surface area contributed by atoms with E-state index in [-0.39, 0.29) is 18.9 Å². The van der Waals surface area contributed by atoms with Gasteiger partial charge in [0.2, 0.25) is 5.91 Å². The number of ether oxygens (including phenoxy) is 3. The second-order valence-corrected chi connectivity index (χ2v) is 6.66. The zero-order valence-electron chi connectivity index (χ0n) is 16.9. The van der Waals surface area contributed by atoms with Crippen molar-refractivity contribution in [3.05, 3.63) is 48.5 Å². The molecule has 30 heavy (non-hydrogen) atoms. The Morgan fingerprint density at radius 1 is 1.10 bits per heavy atom. The standard InChI is InChI=1S/C22H24N2O6/c1-3-29-19-11-7-5-9-17(19)24-13-15(12-21(24)26)22(27)30-14-20(25)23-16-8-4-6-10-18(16)28-2/h4-11,15H,3,12-14H2,1-2H3,(H,23,25)/t15-/m1/s1. The van der Waals surface area contributed by atoms with Crippen LogP contribution < -0.4 is 19.7 Å². The predicted octanol–water partition coefficient (Wildman–Crippen LogP) is 2.63. The van der Waals surface area contributed by atoms with Gasteiger partial charge in [0.1, 0.15) is 11.5 Å². The molecular formula is C22H24N2O6. The molecule has 1 atom stereocenters. The number of benzene rings is 2. The van der Waals surface area contributed by atoms with Gasteiger partial charge in [-0.25, -0.2) is 0 Å². The van der Waals surface area contributed by atoms with Crippen LogP contribution in [0.2, 0.25) is 0 Å². The van der Waals surface area contributed by atoms with Crippen molar-refractivity contribution >= 4 is 29.2 Å². The van der Waals surface area contributed by atoms with Crippen molar-refractivity contribution in [2.45, 2.75) is 13.3 Å². The number of methoxy groups -OCH3 is 1. The van der Waals surface area contributed by atoms with Crippen LogP contribution in [0.25, 0.3) is 0 Å². The molecule has 3 rings (SSSR count). The van der Waals surface area contributed by atoms with Crippen molar-refractivity contribution in [2.24, 2.45) is 5.92 Å². The highest BCUT2D eigenvalue weighted by Gasteiger charge is 2.37. The Labute approximate surface area is 174 Å². The molecule has 158 valence electrons. The van der Waals surface area contributed by atoms with E-state index < -0.39 is 24.4 Å². The lowest BCUT2D eigenvalue weighted by Crippen LogP contribution is -2.28. The van der Waals surface area contributed by atoms with Crippen molar-refractivity contribution in [1.82, 2.24) is 0 Å². The van der Waals surface area contributed by atoms with Gasteiger partial charge < -0.3 is 24.4 Å². The molecule has 0 saturated carbocycles. The number of amides is 2. The van der Waals surface area contributed by atoms with Crippen molar-refractivity contribution < 1.29 is 28.6 Å². The third-order valence-corrected chi connectivity index (χ3v) is 4.64. The van der Waals surface area contributed by atoms with Crippen LogP contribution in [0.1, 0.15) is 13.3 Å². The topological polar surface area (TPSA) is 94.2 Å². The van der Waals surface area contributed by atoms with Crippen LogP contribution in [0.4, 0.5) is 11.4 Å². The number of anilines is 2. The summed E-state index contributed by atoms with van der Waals surface area (Å²) in [5.41, 5.74) is 1.10. The summed E-state index contributed by atoms with van der Waals surface area (Å²) in [4.78, 5) is 38.5. The van der Waals surface area contributed by atoms with Crippen LogP contribution in [0.3, 0.4) is 0 Å². The van der Waals surface area contributed by atoms with Gasteiger partial charge in [-0.05, 0) is 31.2 Å². The maximum atomic E-state index is 12.5. The Kier molecular flexibility index (Phi) is 6.90. The van der Waals surface area contributed by atoms with E-state index >= 15 is 0 Å². The summed E-state index contributed by atoms with van der Waals surface area (Å²) in [6.45, 7) is 2.05. The Bertz CT molecular complexity index is 929. The number of carbonyl (C=O) groups excluding carboxylic acids is 3. The monoisotopic (exact) mass is 412 g/mol. The molecule has 2 amide bonds. The molecule has 0 bridgehead atoms. The Morgan fingerprint density at radius 2 is 1.80 bits per heavy atom. The number of para-hydroxylation sites is 4. The highest BCUT2D eigenvalue weighted by atomic mass is 16.5. The summed E-state index contributed by atoms with van der Waals surface area (Å²) >= 11 is 0. The second kappa shape index (κ2) is 9.78. The molecule has 0 radical (unpaired) electrons. The largest absolute Gasteiger partial charge is 0.495 e. The average Bonchev–Trinajstić information content (AvgIpc) is 3.14. The maximum Gasteiger partial charge on any atom is 0.311 e. The number of rotatable bonds is 8. The number of hydrogen-bond acceptors (Lipinski definition) is 6. The molecule has 2 aromatic carbocycles. The molecule has 1 fully saturated rings. The van der Waals surface area contributed by atoms with E-state index in [0.717, 1.165) is 0 Å². The van der Waals surface area contributed by atoms with Gasteiger partial charge in [0, 0.05) is 13.0 Å². The molecule has 0 aliphatic carbocycles. The van der Waals surface area contributed by atoms with Gasteiger partial charge in [0.05, 0.1) is 31.0 Å². The fourth-order valence-electron chi connectivity index (χ4n) is 3.24. The third kappa shape index (κ3) is 4.89. The molecule has 1 aliphatic rings. The van der Waals surface area contributed by atoms with E-state index in [1.165, 1.54) is 12.0 Å². The Morgan fingerprint density at radius 3 is 2.53 bits per heavy atom. The van der Waals surface area contributed by atoms with E-state index in [4.69, 9.17) is 14.2 Å². The van der Waals surface area contributed by atoms with Gasteiger partial charge >= 0.3 is 5.97 Å². The summed E-state index contributed by atoms with van der Waals surface area (Å²) in [6, 6.07) is 14.1. The first-order valence-electron chi connectivity index (χ1n) is 9.65. The fourth-order valence-corrected chi connectivity index (χ4v) is 3.24. The molecule has 0 unspecified atom stereocenters. The lowest BCUT2D eigenvalue weighted by atomic mass is 10.1. The molecule has 1 N–H and O–H groups in total. The number of esters is 1. The SMILES string of the molecule is CCOc1ccccc1N1C[C@H](C(=O)OCC(=O)Nc2ccccc2OC)CC1=O. The molecule has 0 aromatic heterocycles. The van der Waals surface area contributed by atoms with Crippen LogP contribution >= 0.6 is 0 Å². The molecule has 2 aromatic rings. The van der Waals surface area contributed by atoms with Gasteiger partial charge in [0.15, 0.2) is 6.61 Å². The van der Waals surface area contributed by atoms with Crippen LogP contribution in [0.5, 0.6) is 11.5 Å². The van der Waals surface area contributed by atoms with Crippen molar-refractivity contribution in [2.75, 3.05) is 37.1 Å². The molecule has 8 nitrogen and oxygen atoms in total. The summed E-state index contributed by atoms with van der Waals surface area (Å²) in [5, 5.41) is 2.64. The van der Waals surface area contributed by atoms with Crippen molar-refractivity contribution in [3.63, 3.8) is 0 Å².